The summed E-state index contributed by atoms with van der Waals surface area (Å²) in [5.41, 5.74) is 0.892. The van der Waals surface area contributed by atoms with Crippen molar-refractivity contribution in [3.8, 4) is 11.5 Å². The molecule has 3 nitrogen and oxygen atoms in total. The fourth-order valence-corrected chi connectivity index (χ4v) is 1.81. The van der Waals surface area contributed by atoms with Crippen molar-refractivity contribution in [1.29, 1.82) is 0 Å². The Morgan fingerprint density at radius 2 is 2.12 bits per heavy atom. The molecule has 86 valence electrons. The van der Waals surface area contributed by atoms with E-state index in [9.17, 15) is 0 Å². The zero-order valence-electron chi connectivity index (χ0n) is 8.78. The van der Waals surface area contributed by atoms with E-state index in [1.165, 1.54) is 0 Å². The third-order valence-corrected chi connectivity index (χ3v) is 2.52. The highest BCUT2D eigenvalue weighted by molar-refractivity contribution is 6.32. The van der Waals surface area contributed by atoms with Gasteiger partial charge in [0.2, 0.25) is 0 Å². The van der Waals surface area contributed by atoms with Gasteiger partial charge in [-0.15, -0.1) is 0 Å². The summed E-state index contributed by atoms with van der Waals surface area (Å²) in [5, 5.41) is 9.24. The molecule has 0 bridgehead atoms. The molecule has 1 aliphatic heterocycles. The summed E-state index contributed by atoms with van der Waals surface area (Å²) >= 11 is 6.10. The number of benzene rings is 1. The highest BCUT2D eigenvalue weighted by Crippen LogP contribution is 2.38. The molecule has 1 heterocycles. The van der Waals surface area contributed by atoms with Gasteiger partial charge in [-0.25, -0.2) is 0 Å². The first kappa shape index (κ1) is 11.3. The van der Waals surface area contributed by atoms with Crippen LogP contribution >= 0.6 is 11.6 Å². The maximum Gasteiger partial charge on any atom is 0.179 e. The van der Waals surface area contributed by atoms with E-state index in [1.54, 1.807) is 18.2 Å². The fourth-order valence-electron chi connectivity index (χ4n) is 1.54. The van der Waals surface area contributed by atoms with Gasteiger partial charge in [-0.2, -0.15) is 0 Å². The standard InChI is InChI=1S/C12H13ClO3/c13-10-7-9(3-1-4-14)8-11-12(10)16-6-2-5-15-11/h1,3,7-8,14H,2,4-6H2. The third kappa shape index (κ3) is 2.49. The summed E-state index contributed by atoms with van der Waals surface area (Å²) < 4.78 is 11.1. The first-order valence-corrected chi connectivity index (χ1v) is 5.55. The Hall–Kier alpha value is -1.19. The third-order valence-electron chi connectivity index (χ3n) is 2.24. The second-order valence-electron chi connectivity index (χ2n) is 3.47. The molecule has 1 aromatic carbocycles. The molecule has 0 amide bonds. The number of aliphatic hydroxyl groups excluding tert-OH is 1. The summed E-state index contributed by atoms with van der Waals surface area (Å²) in [6, 6.07) is 3.65. The topological polar surface area (TPSA) is 38.7 Å². The van der Waals surface area contributed by atoms with Crippen LogP contribution in [0.3, 0.4) is 0 Å². The van der Waals surface area contributed by atoms with Gasteiger partial charge in [-0.1, -0.05) is 23.8 Å². The lowest BCUT2D eigenvalue weighted by Crippen LogP contribution is -1.97. The van der Waals surface area contributed by atoms with E-state index in [0.717, 1.165) is 12.0 Å². The fraction of sp³-hybridized carbons (Fsp3) is 0.333. The molecule has 1 aliphatic rings. The Labute approximate surface area is 99.3 Å². The minimum Gasteiger partial charge on any atom is -0.489 e. The molecular weight excluding hydrogens is 228 g/mol. The number of hydrogen-bond acceptors (Lipinski definition) is 3. The average Bonchev–Trinajstić information content (AvgIpc) is 2.51. The monoisotopic (exact) mass is 240 g/mol. The molecule has 16 heavy (non-hydrogen) atoms. The van der Waals surface area contributed by atoms with Crippen molar-refractivity contribution < 1.29 is 14.6 Å². The molecule has 0 aliphatic carbocycles. The molecule has 0 saturated heterocycles. The van der Waals surface area contributed by atoms with Crippen LogP contribution in [-0.2, 0) is 0 Å². The quantitative estimate of drug-likeness (QED) is 0.863. The van der Waals surface area contributed by atoms with Crippen LogP contribution < -0.4 is 9.47 Å². The van der Waals surface area contributed by atoms with Gasteiger partial charge in [-0.05, 0) is 17.7 Å². The van der Waals surface area contributed by atoms with Crippen LogP contribution in [0.1, 0.15) is 12.0 Å². The second-order valence-corrected chi connectivity index (χ2v) is 3.87. The van der Waals surface area contributed by atoms with E-state index in [-0.39, 0.29) is 6.61 Å². The minimum absolute atomic E-state index is 0.00601. The van der Waals surface area contributed by atoms with Gasteiger partial charge in [0.15, 0.2) is 11.5 Å². The van der Waals surface area contributed by atoms with Crippen LogP contribution in [0.2, 0.25) is 5.02 Å². The van der Waals surface area contributed by atoms with E-state index in [2.05, 4.69) is 0 Å². The number of fused-ring (bicyclic) bond motifs is 1. The smallest absolute Gasteiger partial charge is 0.179 e. The Morgan fingerprint density at radius 1 is 1.31 bits per heavy atom. The van der Waals surface area contributed by atoms with Crippen molar-refractivity contribution in [2.45, 2.75) is 6.42 Å². The number of aliphatic hydroxyl groups is 1. The number of rotatable bonds is 2. The first-order valence-electron chi connectivity index (χ1n) is 5.18. The van der Waals surface area contributed by atoms with Gasteiger partial charge in [0, 0.05) is 6.42 Å². The largest absolute Gasteiger partial charge is 0.489 e. The zero-order chi connectivity index (χ0) is 11.4. The Bertz CT molecular complexity index is 401. The van der Waals surface area contributed by atoms with Crippen LogP contribution in [0.15, 0.2) is 18.2 Å². The SMILES string of the molecule is OCC=Cc1cc(Cl)c2c(c1)OCCCO2. The van der Waals surface area contributed by atoms with E-state index in [1.807, 2.05) is 6.07 Å². The molecule has 1 N–H and O–H groups in total. The Kier molecular flexibility index (Phi) is 3.70. The predicted molar refractivity (Wildman–Crippen MR) is 63.2 cm³/mol. The van der Waals surface area contributed by atoms with E-state index in [0.29, 0.717) is 29.7 Å². The van der Waals surface area contributed by atoms with Crippen molar-refractivity contribution in [3.05, 3.63) is 28.8 Å². The maximum atomic E-state index is 8.70. The van der Waals surface area contributed by atoms with Gasteiger partial charge in [0.1, 0.15) is 0 Å². The molecule has 0 radical (unpaired) electrons. The van der Waals surface area contributed by atoms with Crippen molar-refractivity contribution in [3.63, 3.8) is 0 Å². The van der Waals surface area contributed by atoms with Gasteiger partial charge in [-0.3, -0.25) is 0 Å². The first-order chi connectivity index (χ1) is 7.81. The summed E-state index contributed by atoms with van der Waals surface area (Å²) in [4.78, 5) is 0. The number of hydrogen-bond donors (Lipinski definition) is 1. The molecule has 0 saturated carbocycles. The van der Waals surface area contributed by atoms with Gasteiger partial charge in [0.05, 0.1) is 24.8 Å². The Morgan fingerprint density at radius 3 is 2.94 bits per heavy atom. The van der Waals surface area contributed by atoms with Gasteiger partial charge < -0.3 is 14.6 Å². The van der Waals surface area contributed by atoms with Crippen LogP contribution in [0, 0.1) is 0 Å². The van der Waals surface area contributed by atoms with Crippen LogP contribution in [0.25, 0.3) is 6.08 Å². The summed E-state index contributed by atoms with van der Waals surface area (Å²) in [6.45, 7) is 1.26. The molecule has 4 heteroatoms. The number of halogens is 1. The highest BCUT2D eigenvalue weighted by atomic mass is 35.5. The van der Waals surface area contributed by atoms with Crippen molar-refractivity contribution >= 4 is 17.7 Å². The zero-order valence-corrected chi connectivity index (χ0v) is 9.54. The number of ether oxygens (including phenoxy) is 2. The highest BCUT2D eigenvalue weighted by Gasteiger charge is 2.14. The Balaban J connectivity index is 2.35. The van der Waals surface area contributed by atoms with Crippen LogP contribution in [0.4, 0.5) is 0 Å². The summed E-state index contributed by atoms with van der Waals surface area (Å²) in [7, 11) is 0. The molecular formula is C12H13ClO3. The molecule has 1 aromatic rings. The molecule has 0 fully saturated rings. The summed E-state index contributed by atoms with van der Waals surface area (Å²) in [6.07, 6.45) is 4.29. The summed E-state index contributed by atoms with van der Waals surface area (Å²) in [5.74, 6) is 1.28. The van der Waals surface area contributed by atoms with Crippen molar-refractivity contribution in [1.82, 2.24) is 0 Å². The lowest BCUT2D eigenvalue weighted by Gasteiger charge is -2.09. The van der Waals surface area contributed by atoms with Crippen molar-refractivity contribution in [2.24, 2.45) is 0 Å². The maximum absolute atomic E-state index is 8.70. The molecule has 0 spiro atoms. The van der Waals surface area contributed by atoms with Crippen LogP contribution in [-0.4, -0.2) is 24.9 Å². The lowest BCUT2D eigenvalue weighted by molar-refractivity contribution is 0.297. The minimum atomic E-state index is 0.00601. The van der Waals surface area contributed by atoms with Crippen molar-refractivity contribution in [2.75, 3.05) is 19.8 Å². The average molecular weight is 241 g/mol. The molecule has 0 aromatic heterocycles. The normalized spacial score (nSPS) is 15.1. The second kappa shape index (κ2) is 5.23. The van der Waals surface area contributed by atoms with E-state index in [4.69, 9.17) is 26.2 Å². The molecule has 0 unspecified atom stereocenters. The van der Waals surface area contributed by atoms with E-state index >= 15 is 0 Å². The molecule has 2 rings (SSSR count). The predicted octanol–water partition coefficient (Wildman–Crippen LogP) is 2.51. The lowest BCUT2D eigenvalue weighted by atomic mass is 10.2. The molecule has 0 atom stereocenters. The van der Waals surface area contributed by atoms with Gasteiger partial charge in [0.25, 0.3) is 0 Å². The van der Waals surface area contributed by atoms with Gasteiger partial charge >= 0.3 is 0 Å². The van der Waals surface area contributed by atoms with Crippen LogP contribution in [0.5, 0.6) is 11.5 Å². The van der Waals surface area contributed by atoms with E-state index < -0.39 is 0 Å².